The molecule has 0 heterocycles. The van der Waals surface area contributed by atoms with E-state index < -0.39 is 17.5 Å². The van der Waals surface area contributed by atoms with Crippen LogP contribution in [-0.2, 0) is 4.79 Å². The molecule has 0 saturated heterocycles. The average molecular weight is 246 g/mol. The Morgan fingerprint density at radius 1 is 1.28 bits per heavy atom. The first-order valence-electron chi connectivity index (χ1n) is 6.30. The van der Waals surface area contributed by atoms with Crippen LogP contribution in [0.15, 0.2) is 30.3 Å². The number of carboxylic acid groups (broad SMARTS) is 1. The topological polar surface area (TPSA) is 57.5 Å². The summed E-state index contributed by atoms with van der Waals surface area (Å²) in [5.74, 6) is -0.817. The summed E-state index contributed by atoms with van der Waals surface area (Å²) < 4.78 is 0. The molecule has 1 aliphatic rings. The fraction of sp³-hybridized carbons (Fsp3) is 0.400. The molecule has 1 unspecified atom stereocenters. The van der Waals surface area contributed by atoms with Gasteiger partial charge in [0.1, 0.15) is 0 Å². The van der Waals surface area contributed by atoms with Gasteiger partial charge in [0.15, 0.2) is 0 Å². The molecule has 3 heteroatoms. The molecule has 1 aromatic rings. The summed E-state index contributed by atoms with van der Waals surface area (Å²) in [5.41, 5.74) is 1.53. The highest BCUT2D eigenvalue weighted by Crippen LogP contribution is 2.48. The van der Waals surface area contributed by atoms with Gasteiger partial charge in [-0.2, -0.15) is 0 Å². The molecule has 1 aliphatic carbocycles. The maximum Gasteiger partial charge on any atom is 0.314 e. The Morgan fingerprint density at radius 3 is 2.44 bits per heavy atom. The van der Waals surface area contributed by atoms with Crippen LogP contribution >= 0.6 is 0 Å². The van der Waals surface area contributed by atoms with E-state index in [-0.39, 0.29) is 0 Å². The fourth-order valence-corrected chi connectivity index (χ4v) is 2.80. The van der Waals surface area contributed by atoms with Gasteiger partial charge in [0.05, 0.1) is 11.5 Å². The number of aliphatic hydroxyl groups excluding tert-OH is 1. The van der Waals surface area contributed by atoms with Crippen LogP contribution in [0, 0.1) is 5.41 Å². The molecular formula is C15H18O3. The smallest absolute Gasteiger partial charge is 0.314 e. The minimum absolute atomic E-state index is 0.520. The van der Waals surface area contributed by atoms with Gasteiger partial charge in [-0.05, 0) is 35.6 Å². The van der Waals surface area contributed by atoms with E-state index >= 15 is 0 Å². The van der Waals surface area contributed by atoms with Crippen molar-refractivity contribution in [3.05, 3.63) is 41.5 Å². The summed E-state index contributed by atoms with van der Waals surface area (Å²) in [7, 11) is 0. The summed E-state index contributed by atoms with van der Waals surface area (Å²) in [5, 5.41) is 19.6. The highest BCUT2D eigenvalue weighted by molar-refractivity contribution is 5.94. The maximum atomic E-state index is 11.7. The maximum absolute atomic E-state index is 11.7. The number of hydrogen-bond acceptors (Lipinski definition) is 2. The Hall–Kier alpha value is -1.61. The van der Waals surface area contributed by atoms with Crippen molar-refractivity contribution in [2.75, 3.05) is 0 Å². The zero-order valence-electron chi connectivity index (χ0n) is 10.7. The summed E-state index contributed by atoms with van der Waals surface area (Å²) in [6, 6.07) is 7.48. The van der Waals surface area contributed by atoms with Crippen LogP contribution in [0.2, 0.25) is 0 Å². The van der Waals surface area contributed by atoms with Crippen LogP contribution in [0.5, 0.6) is 0 Å². The van der Waals surface area contributed by atoms with Gasteiger partial charge < -0.3 is 10.2 Å². The lowest BCUT2D eigenvalue weighted by Crippen LogP contribution is -2.30. The Morgan fingerprint density at radius 2 is 1.89 bits per heavy atom. The molecule has 0 aromatic heterocycles. The number of hydrogen-bond donors (Lipinski definition) is 2. The van der Waals surface area contributed by atoms with Crippen LogP contribution < -0.4 is 0 Å². The van der Waals surface area contributed by atoms with E-state index in [1.54, 1.807) is 6.08 Å². The van der Waals surface area contributed by atoms with Gasteiger partial charge in [-0.25, -0.2) is 0 Å². The molecule has 0 amide bonds. The minimum Gasteiger partial charge on any atom is -0.481 e. The zero-order chi connectivity index (χ0) is 13.3. The van der Waals surface area contributed by atoms with E-state index in [0.29, 0.717) is 12.8 Å². The molecular weight excluding hydrogens is 228 g/mol. The Kier molecular flexibility index (Phi) is 3.26. The number of aliphatic hydroxyl groups is 1. The van der Waals surface area contributed by atoms with Crippen LogP contribution in [-0.4, -0.2) is 16.2 Å². The Balaban J connectivity index is 2.58. The second-order valence-corrected chi connectivity index (χ2v) is 4.71. The lowest BCUT2D eigenvalue weighted by atomic mass is 9.73. The van der Waals surface area contributed by atoms with Crippen LogP contribution in [0.1, 0.15) is 43.9 Å². The van der Waals surface area contributed by atoms with E-state index in [1.807, 2.05) is 38.1 Å². The summed E-state index contributed by atoms with van der Waals surface area (Å²) in [6.07, 6.45) is 2.04. The Bertz CT molecular complexity index is 498. The molecule has 3 nitrogen and oxygen atoms in total. The van der Waals surface area contributed by atoms with Crippen molar-refractivity contribution in [1.82, 2.24) is 0 Å². The molecule has 0 fully saturated rings. The summed E-state index contributed by atoms with van der Waals surface area (Å²) >= 11 is 0. The molecule has 1 atom stereocenters. The number of aliphatic carboxylic acids is 1. The monoisotopic (exact) mass is 246 g/mol. The molecule has 0 spiro atoms. The van der Waals surface area contributed by atoms with Crippen molar-refractivity contribution in [3.8, 4) is 0 Å². The van der Waals surface area contributed by atoms with Crippen molar-refractivity contribution in [2.45, 2.75) is 32.8 Å². The number of carboxylic acids is 1. The van der Waals surface area contributed by atoms with E-state index in [4.69, 9.17) is 0 Å². The molecule has 0 bridgehead atoms. The van der Waals surface area contributed by atoms with Crippen molar-refractivity contribution in [3.63, 3.8) is 0 Å². The highest BCUT2D eigenvalue weighted by Gasteiger charge is 2.42. The largest absolute Gasteiger partial charge is 0.481 e. The third-order valence-electron chi connectivity index (χ3n) is 4.03. The quantitative estimate of drug-likeness (QED) is 0.858. The van der Waals surface area contributed by atoms with Gasteiger partial charge in [-0.3, -0.25) is 4.79 Å². The predicted molar refractivity (Wildman–Crippen MR) is 70.0 cm³/mol. The number of rotatable bonds is 4. The summed E-state index contributed by atoms with van der Waals surface area (Å²) in [4.78, 5) is 11.7. The molecule has 96 valence electrons. The Labute approximate surface area is 107 Å². The lowest BCUT2D eigenvalue weighted by Gasteiger charge is -2.29. The summed E-state index contributed by atoms with van der Waals surface area (Å²) in [6.45, 7) is 3.76. The van der Waals surface area contributed by atoms with E-state index in [2.05, 4.69) is 0 Å². The van der Waals surface area contributed by atoms with Crippen molar-refractivity contribution in [1.29, 1.82) is 0 Å². The zero-order valence-corrected chi connectivity index (χ0v) is 10.7. The van der Waals surface area contributed by atoms with Gasteiger partial charge in [0, 0.05) is 0 Å². The van der Waals surface area contributed by atoms with Gasteiger partial charge in [-0.1, -0.05) is 38.1 Å². The number of carbonyl (C=O) groups is 1. The molecule has 1 aromatic carbocycles. The standard InChI is InChI=1S/C15H18O3/c1-3-15(4-2,14(17)18)12-9-13(16)11-8-6-5-7-10(11)12/h5-9,13,16H,3-4H2,1-2H3,(H,17,18). The number of benzene rings is 1. The molecule has 18 heavy (non-hydrogen) atoms. The van der Waals surface area contributed by atoms with Crippen LogP contribution in [0.3, 0.4) is 0 Å². The van der Waals surface area contributed by atoms with Crippen molar-refractivity contribution in [2.24, 2.45) is 5.41 Å². The molecule has 0 saturated carbocycles. The third-order valence-corrected chi connectivity index (χ3v) is 4.03. The number of fused-ring (bicyclic) bond motifs is 1. The second-order valence-electron chi connectivity index (χ2n) is 4.71. The normalized spacial score (nSPS) is 18.4. The van der Waals surface area contributed by atoms with Gasteiger partial charge in [0.25, 0.3) is 0 Å². The molecule has 0 radical (unpaired) electrons. The van der Waals surface area contributed by atoms with E-state index in [0.717, 1.165) is 16.7 Å². The van der Waals surface area contributed by atoms with Crippen molar-refractivity contribution >= 4 is 11.5 Å². The first-order chi connectivity index (χ1) is 8.56. The van der Waals surface area contributed by atoms with Crippen LogP contribution in [0.25, 0.3) is 5.57 Å². The lowest BCUT2D eigenvalue weighted by molar-refractivity contribution is -0.145. The van der Waals surface area contributed by atoms with E-state index in [9.17, 15) is 15.0 Å². The molecule has 0 aliphatic heterocycles. The minimum atomic E-state index is -0.895. The second kappa shape index (κ2) is 4.58. The fourth-order valence-electron chi connectivity index (χ4n) is 2.80. The van der Waals surface area contributed by atoms with Crippen molar-refractivity contribution < 1.29 is 15.0 Å². The SMILES string of the molecule is CCC(CC)(C(=O)O)C1=CC(O)c2ccccc21. The molecule has 2 rings (SSSR count). The van der Waals surface area contributed by atoms with E-state index in [1.165, 1.54) is 0 Å². The van der Waals surface area contributed by atoms with Gasteiger partial charge >= 0.3 is 5.97 Å². The van der Waals surface area contributed by atoms with Crippen LogP contribution in [0.4, 0.5) is 0 Å². The first kappa shape index (κ1) is 12.8. The average Bonchev–Trinajstić information content (AvgIpc) is 2.70. The van der Waals surface area contributed by atoms with Gasteiger partial charge in [0.2, 0.25) is 0 Å². The predicted octanol–water partition coefficient (Wildman–Crippen LogP) is 3.01. The first-order valence-corrected chi connectivity index (χ1v) is 6.30. The highest BCUT2D eigenvalue weighted by atomic mass is 16.4. The van der Waals surface area contributed by atoms with Gasteiger partial charge in [-0.15, -0.1) is 0 Å². The third kappa shape index (κ3) is 1.66. The molecule has 2 N–H and O–H groups in total.